The summed E-state index contributed by atoms with van der Waals surface area (Å²) in [6.45, 7) is 0.576. The summed E-state index contributed by atoms with van der Waals surface area (Å²) in [4.78, 5) is 38.7. The second-order valence-electron chi connectivity index (χ2n) is 6.82. The Labute approximate surface area is 162 Å². The third-order valence-corrected chi connectivity index (χ3v) is 4.84. The van der Waals surface area contributed by atoms with Gasteiger partial charge in [-0.25, -0.2) is 9.18 Å². The molecule has 0 bridgehead atoms. The standard InChI is InChI=1S/C21H21FN2O4/c1-23(13-14-2-4-15(5-3-14)21(27)28)19(25)10-11-24-18-8-7-17(22)12-16(18)6-9-20(24)26/h2-5,7-8,12H,6,9-11,13H2,1H3,(H,27,28). The third kappa shape index (κ3) is 4.36. The highest BCUT2D eigenvalue weighted by Gasteiger charge is 2.25. The van der Waals surface area contributed by atoms with Crippen LogP contribution in [0.4, 0.5) is 10.1 Å². The lowest BCUT2D eigenvalue weighted by atomic mass is 10.0. The molecule has 146 valence electrons. The van der Waals surface area contributed by atoms with Crippen LogP contribution in [0.3, 0.4) is 0 Å². The first-order valence-corrected chi connectivity index (χ1v) is 9.00. The number of hydrogen-bond donors (Lipinski definition) is 1. The van der Waals surface area contributed by atoms with Gasteiger partial charge in [0, 0.05) is 38.7 Å². The lowest BCUT2D eigenvalue weighted by Crippen LogP contribution is -2.38. The molecule has 0 saturated carbocycles. The molecule has 3 rings (SSSR count). The number of carboxylic acid groups (broad SMARTS) is 1. The van der Waals surface area contributed by atoms with Crippen molar-refractivity contribution in [3.8, 4) is 0 Å². The lowest BCUT2D eigenvalue weighted by Gasteiger charge is -2.30. The highest BCUT2D eigenvalue weighted by atomic mass is 19.1. The number of rotatable bonds is 6. The first-order valence-electron chi connectivity index (χ1n) is 9.00. The normalized spacial score (nSPS) is 13.2. The van der Waals surface area contributed by atoms with Crippen LogP contribution in [-0.2, 0) is 22.6 Å². The van der Waals surface area contributed by atoms with E-state index in [0.29, 0.717) is 25.1 Å². The maximum Gasteiger partial charge on any atom is 0.335 e. The molecule has 0 spiro atoms. The molecule has 0 saturated heterocycles. The van der Waals surface area contributed by atoms with Crippen molar-refractivity contribution in [1.82, 2.24) is 4.90 Å². The number of amides is 2. The fourth-order valence-electron chi connectivity index (χ4n) is 3.29. The molecule has 28 heavy (non-hydrogen) atoms. The Morgan fingerprint density at radius 2 is 1.86 bits per heavy atom. The van der Waals surface area contributed by atoms with Crippen molar-refractivity contribution in [2.75, 3.05) is 18.5 Å². The van der Waals surface area contributed by atoms with Crippen molar-refractivity contribution in [3.05, 3.63) is 65.0 Å². The van der Waals surface area contributed by atoms with Crippen LogP contribution in [0.15, 0.2) is 42.5 Å². The van der Waals surface area contributed by atoms with Gasteiger partial charge in [0.2, 0.25) is 11.8 Å². The summed E-state index contributed by atoms with van der Waals surface area (Å²) in [5.74, 6) is -1.54. The van der Waals surface area contributed by atoms with Gasteiger partial charge < -0.3 is 14.9 Å². The molecule has 2 aromatic rings. The summed E-state index contributed by atoms with van der Waals surface area (Å²) < 4.78 is 13.4. The van der Waals surface area contributed by atoms with Crippen LogP contribution in [0.25, 0.3) is 0 Å². The smallest absolute Gasteiger partial charge is 0.335 e. The second kappa shape index (κ2) is 8.21. The summed E-state index contributed by atoms with van der Waals surface area (Å²) in [7, 11) is 1.66. The average molecular weight is 384 g/mol. The molecule has 0 aromatic heterocycles. The van der Waals surface area contributed by atoms with E-state index in [1.165, 1.54) is 29.2 Å². The molecule has 2 aromatic carbocycles. The van der Waals surface area contributed by atoms with Crippen LogP contribution in [0, 0.1) is 5.82 Å². The van der Waals surface area contributed by atoms with Crippen LogP contribution < -0.4 is 4.90 Å². The Morgan fingerprint density at radius 1 is 1.14 bits per heavy atom. The van der Waals surface area contributed by atoms with Gasteiger partial charge in [-0.15, -0.1) is 0 Å². The molecule has 7 heteroatoms. The van der Waals surface area contributed by atoms with Gasteiger partial charge in [0.25, 0.3) is 0 Å². The van der Waals surface area contributed by atoms with E-state index in [9.17, 15) is 18.8 Å². The zero-order valence-corrected chi connectivity index (χ0v) is 15.5. The fourth-order valence-corrected chi connectivity index (χ4v) is 3.29. The van der Waals surface area contributed by atoms with E-state index in [1.807, 2.05) is 0 Å². The highest BCUT2D eigenvalue weighted by molar-refractivity contribution is 5.97. The lowest BCUT2D eigenvalue weighted by molar-refractivity contribution is -0.130. The maximum absolute atomic E-state index is 13.4. The summed E-state index contributed by atoms with van der Waals surface area (Å²) in [5, 5.41) is 8.93. The van der Waals surface area contributed by atoms with Crippen LogP contribution in [-0.4, -0.2) is 41.4 Å². The molecule has 1 aliphatic rings. The van der Waals surface area contributed by atoms with Crippen LogP contribution in [0.5, 0.6) is 0 Å². The van der Waals surface area contributed by atoms with Gasteiger partial charge in [-0.1, -0.05) is 12.1 Å². The fraction of sp³-hybridized carbons (Fsp3) is 0.286. The minimum absolute atomic E-state index is 0.0705. The van der Waals surface area contributed by atoms with E-state index in [4.69, 9.17) is 5.11 Å². The molecular weight excluding hydrogens is 363 g/mol. The van der Waals surface area contributed by atoms with Gasteiger partial charge in [-0.2, -0.15) is 0 Å². The Bertz CT molecular complexity index is 911. The van der Waals surface area contributed by atoms with E-state index in [-0.39, 0.29) is 36.2 Å². The number of hydrogen-bond acceptors (Lipinski definition) is 3. The Kier molecular flexibility index (Phi) is 5.73. The molecule has 1 heterocycles. The molecular formula is C21H21FN2O4. The van der Waals surface area contributed by atoms with Gasteiger partial charge in [0.05, 0.1) is 5.56 Å². The number of halogens is 1. The summed E-state index contributed by atoms with van der Waals surface area (Å²) >= 11 is 0. The molecule has 0 radical (unpaired) electrons. The third-order valence-electron chi connectivity index (χ3n) is 4.84. The number of fused-ring (bicyclic) bond motifs is 1. The van der Waals surface area contributed by atoms with E-state index in [1.54, 1.807) is 30.1 Å². The minimum atomic E-state index is -0.998. The predicted octanol–water partition coefficient (Wildman–Crippen LogP) is 2.85. The van der Waals surface area contributed by atoms with Gasteiger partial charge in [0.15, 0.2) is 0 Å². The number of anilines is 1. The quantitative estimate of drug-likeness (QED) is 0.831. The summed E-state index contributed by atoms with van der Waals surface area (Å²) in [5.41, 5.74) is 2.45. The summed E-state index contributed by atoms with van der Waals surface area (Å²) in [6.07, 6.45) is 0.950. The molecule has 1 aliphatic heterocycles. The number of carbonyl (C=O) groups is 3. The zero-order chi connectivity index (χ0) is 20.3. The molecule has 6 nitrogen and oxygen atoms in total. The van der Waals surface area contributed by atoms with E-state index in [0.717, 1.165) is 11.1 Å². The number of carbonyl (C=O) groups excluding carboxylic acids is 2. The monoisotopic (exact) mass is 384 g/mol. The average Bonchev–Trinajstić information content (AvgIpc) is 2.67. The van der Waals surface area contributed by atoms with Crippen molar-refractivity contribution >= 4 is 23.5 Å². The number of benzene rings is 2. The van der Waals surface area contributed by atoms with Crippen molar-refractivity contribution in [1.29, 1.82) is 0 Å². The van der Waals surface area contributed by atoms with Gasteiger partial charge in [0.1, 0.15) is 5.82 Å². The van der Waals surface area contributed by atoms with Gasteiger partial charge in [-0.05, 0) is 47.9 Å². The number of aromatic carboxylic acids is 1. The molecule has 0 unspecified atom stereocenters. The SMILES string of the molecule is CN(Cc1ccc(C(=O)O)cc1)C(=O)CCN1C(=O)CCc2cc(F)ccc21. The van der Waals surface area contributed by atoms with E-state index in [2.05, 4.69) is 0 Å². The number of aryl methyl sites for hydroxylation is 1. The van der Waals surface area contributed by atoms with Crippen LogP contribution >= 0.6 is 0 Å². The van der Waals surface area contributed by atoms with Crippen LogP contribution in [0.2, 0.25) is 0 Å². The highest BCUT2D eigenvalue weighted by Crippen LogP contribution is 2.28. The van der Waals surface area contributed by atoms with Crippen molar-refractivity contribution < 1.29 is 23.9 Å². The molecule has 2 amide bonds. The Hall–Kier alpha value is -3.22. The van der Waals surface area contributed by atoms with E-state index < -0.39 is 5.97 Å². The topological polar surface area (TPSA) is 77.9 Å². The first-order chi connectivity index (χ1) is 13.3. The summed E-state index contributed by atoms with van der Waals surface area (Å²) in [6, 6.07) is 10.7. The Balaban J connectivity index is 1.60. The predicted molar refractivity (Wildman–Crippen MR) is 102 cm³/mol. The van der Waals surface area contributed by atoms with E-state index >= 15 is 0 Å². The number of nitrogens with zero attached hydrogens (tertiary/aromatic N) is 2. The largest absolute Gasteiger partial charge is 0.478 e. The van der Waals surface area contributed by atoms with Gasteiger partial charge in [-0.3, -0.25) is 9.59 Å². The minimum Gasteiger partial charge on any atom is -0.478 e. The van der Waals surface area contributed by atoms with Crippen molar-refractivity contribution in [2.45, 2.75) is 25.8 Å². The van der Waals surface area contributed by atoms with Crippen LogP contribution in [0.1, 0.15) is 34.3 Å². The zero-order valence-electron chi connectivity index (χ0n) is 15.5. The second-order valence-corrected chi connectivity index (χ2v) is 6.82. The van der Waals surface area contributed by atoms with Gasteiger partial charge >= 0.3 is 5.97 Å². The molecule has 0 atom stereocenters. The Morgan fingerprint density at radius 3 is 2.54 bits per heavy atom. The molecule has 0 fully saturated rings. The maximum atomic E-state index is 13.4. The number of carboxylic acids is 1. The van der Waals surface area contributed by atoms with Crippen molar-refractivity contribution in [3.63, 3.8) is 0 Å². The molecule has 0 aliphatic carbocycles. The molecule has 1 N–H and O–H groups in total. The van der Waals surface area contributed by atoms with Crippen molar-refractivity contribution in [2.24, 2.45) is 0 Å². The first kappa shape index (κ1) is 19.5.